The first-order valence-corrected chi connectivity index (χ1v) is 5.31. The van der Waals surface area contributed by atoms with Gasteiger partial charge in [-0.3, -0.25) is 10.1 Å². The monoisotopic (exact) mass is 305 g/mol. The van der Waals surface area contributed by atoms with Crippen LogP contribution in [0.4, 0.5) is 18.9 Å². The molecule has 0 aromatic heterocycles. The lowest BCUT2D eigenvalue weighted by atomic mass is 10.0. The average molecular weight is 305 g/mol. The van der Waals surface area contributed by atoms with Crippen molar-refractivity contribution in [3.63, 3.8) is 0 Å². The van der Waals surface area contributed by atoms with Gasteiger partial charge < -0.3 is 9.84 Å². The maximum atomic E-state index is 12.9. The van der Waals surface area contributed by atoms with E-state index in [2.05, 4.69) is 15.0 Å². The Hall–Kier alpha value is -2.72. The molecule has 1 aliphatic heterocycles. The van der Waals surface area contributed by atoms with Gasteiger partial charge in [0.2, 0.25) is 0 Å². The number of hydrogen-bond acceptors (Lipinski definition) is 6. The zero-order chi connectivity index (χ0) is 15.8. The average Bonchev–Trinajstić information content (AvgIpc) is 3.16. The lowest BCUT2D eigenvalue weighted by molar-refractivity contribution is -0.385. The van der Waals surface area contributed by atoms with Gasteiger partial charge >= 0.3 is 17.8 Å². The highest BCUT2D eigenvalue weighted by Crippen LogP contribution is 2.53. The van der Waals surface area contributed by atoms with Gasteiger partial charge in [0.05, 0.1) is 11.0 Å². The van der Waals surface area contributed by atoms with Crippen molar-refractivity contribution in [2.75, 3.05) is 6.61 Å². The Morgan fingerprint density at radius 2 is 2.00 bits per heavy atom. The molecule has 1 N–H and O–H groups in total. The van der Waals surface area contributed by atoms with Crippen molar-refractivity contribution >= 4 is 11.7 Å². The summed E-state index contributed by atoms with van der Waals surface area (Å²) in [5, 5.41) is 25.0. The zero-order valence-electron chi connectivity index (χ0n) is 9.99. The molecular weight excluding hydrogens is 299 g/mol. The Morgan fingerprint density at radius 1 is 1.38 bits per heavy atom. The number of hydrogen-bond donors (Lipinski definition) is 1. The van der Waals surface area contributed by atoms with Crippen LogP contribution in [0.1, 0.15) is 5.56 Å². The molecule has 1 aromatic carbocycles. The Labute approximate surface area is 114 Å². The van der Waals surface area contributed by atoms with E-state index in [9.17, 15) is 28.1 Å². The van der Waals surface area contributed by atoms with Gasteiger partial charge in [-0.05, 0) is 6.07 Å². The lowest BCUT2D eigenvalue weighted by Gasteiger charge is -2.15. The van der Waals surface area contributed by atoms with Gasteiger partial charge in [-0.25, -0.2) is 4.79 Å². The van der Waals surface area contributed by atoms with Crippen LogP contribution < -0.4 is 4.74 Å². The lowest BCUT2D eigenvalue weighted by Crippen LogP contribution is -2.30. The van der Waals surface area contributed by atoms with E-state index in [1.54, 1.807) is 0 Å². The minimum Gasteiger partial charge on any atom is -0.482 e. The van der Waals surface area contributed by atoms with Crippen LogP contribution in [0.5, 0.6) is 5.75 Å². The van der Waals surface area contributed by atoms with Crippen LogP contribution in [0.2, 0.25) is 0 Å². The minimum atomic E-state index is -4.85. The van der Waals surface area contributed by atoms with E-state index in [0.29, 0.717) is 6.07 Å². The van der Waals surface area contributed by atoms with Gasteiger partial charge in [0.15, 0.2) is 6.61 Å². The molecule has 1 heterocycles. The highest BCUT2D eigenvalue weighted by Gasteiger charge is 2.65. The number of carbonyl (C=O) groups is 1. The van der Waals surface area contributed by atoms with Gasteiger partial charge in [0, 0.05) is 11.6 Å². The van der Waals surface area contributed by atoms with Crippen LogP contribution in [-0.2, 0) is 10.5 Å². The molecule has 8 nitrogen and oxygen atoms in total. The van der Waals surface area contributed by atoms with Crippen LogP contribution in [0.3, 0.4) is 0 Å². The van der Waals surface area contributed by atoms with Crippen molar-refractivity contribution in [2.45, 2.75) is 11.8 Å². The van der Waals surface area contributed by atoms with Crippen molar-refractivity contribution in [1.82, 2.24) is 0 Å². The first-order chi connectivity index (χ1) is 9.65. The van der Waals surface area contributed by atoms with Gasteiger partial charge in [0.1, 0.15) is 5.75 Å². The number of rotatable bonds is 5. The molecule has 0 amide bonds. The molecule has 0 aliphatic carbocycles. The number of halogens is 3. The molecule has 0 saturated carbocycles. The smallest absolute Gasteiger partial charge is 0.442 e. The molecule has 0 unspecified atom stereocenters. The predicted molar refractivity (Wildman–Crippen MR) is 58.8 cm³/mol. The molecule has 0 fully saturated rings. The van der Waals surface area contributed by atoms with Crippen LogP contribution in [-0.4, -0.2) is 28.8 Å². The van der Waals surface area contributed by atoms with Crippen LogP contribution >= 0.6 is 0 Å². The summed E-state index contributed by atoms with van der Waals surface area (Å²) < 4.78 is 43.3. The molecule has 0 spiro atoms. The molecule has 1 aromatic rings. The van der Waals surface area contributed by atoms with E-state index in [-0.39, 0.29) is 5.75 Å². The Kier molecular flexibility index (Phi) is 3.27. The first kappa shape index (κ1) is 14.7. The summed E-state index contributed by atoms with van der Waals surface area (Å²) in [7, 11) is 0. The SMILES string of the molecule is O=C(O)COc1cc([N+](=O)[O-])cc(C2(C(F)(F)F)N=N2)c1. The summed E-state index contributed by atoms with van der Waals surface area (Å²) in [6, 6.07) is 2.31. The molecule has 21 heavy (non-hydrogen) atoms. The molecule has 0 bridgehead atoms. The van der Waals surface area contributed by atoms with E-state index in [1.165, 1.54) is 0 Å². The fraction of sp³-hybridized carbons (Fsp3) is 0.300. The Morgan fingerprint density at radius 3 is 2.43 bits per heavy atom. The standard InChI is InChI=1S/C10H6F3N3O5/c11-10(12,13)9(14-15-9)5-1-6(16(19)20)3-7(2-5)21-4-8(17)18/h1-3H,4H2,(H,17,18). The predicted octanol–water partition coefficient (Wildman–Crippen LogP) is 2.24. The highest BCUT2D eigenvalue weighted by atomic mass is 19.4. The largest absolute Gasteiger partial charge is 0.482 e. The van der Waals surface area contributed by atoms with Crippen molar-refractivity contribution in [1.29, 1.82) is 0 Å². The van der Waals surface area contributed by atoms with E-state index in [0.717, 1.165) is 12.1 Å². The molecule has 1 aliphatic rings. The zero-order valence-corrected chi connectivity index (χ0v) is 9.99. The number of nitro benzene ring substituents is 1. The summed E-state index contributed by atoms with van der Waals surface area (Å²) in [5.41, 5.74) is -4.14. The Bertz CT molecular complexity index is 637. The van der Waals surface area contributed by atoms with Crippen LogP contribution in [0, 0.1) is 10.1 Å². The van der Waals surface area contributed by atoms with E-state index < -0.39 is 40.6 Å². The third-order valence-corrected chi connectivity index (χ3v) is 2.56. The fourth-order valence-corrected chi connectivity index (χ4v) is 1.56. The van der Waals surface area contributed by atoms with Gasteiger partial charge in [-0.15, -0.1) is 10.2 Å². The number of carboxylic acid groups (broad SMARTS) is 1. The second-order valence-corrected chi connectivity index (χ2v) is 4.03. The van der Waals surface area contributed by atoms with Crippen molar-refractivity contribution in [2.24, 2.45) is 10.2 Å². The van der Waals surface area contributed by atoms with Gasteiger partial charge in [0.25, 0.3) is 5.69 Å². The topological polar surface area (TPSA) is 114 Å². The summed E-state index contributed by atoms with van der Waals surface area (Å²) in [5.74, 6) is -1.77. The quantitative estimate of drug-likeness (QED) is 0.661. The number of alkyl halides is 3. The molecule has 0 radical (unpaired) electrons. The second kappa shape index (κ2) is 4.68. The van der Waals surface area contributed by atoms with Crippen LogP contribution in [0.15, 0.2) is 28.4 Å². The van der Waals surface area contributed by atoms with Gasteiger partial charge in [-0.1, -0.05) is 0 Å². The number of nitrogens with zero attached hydrogens (tertiary/aromatic N) is 3. The van der Waals surface area contributed by atoms with Crippen LogP contribution in [0.25, 0.3) is 0 Å². The molecular formula is C10H6F3N3O5. The molecule has 11 heteroatoms. The normalized spacial score (nSPS) is 15.6. The minimum absolute atomic E-state index is 0.387. The van der Waals surface area contributed by atoms with E-state index >= 15 is 0 Å². The third kappa shape index (κ3) is 2.75. The number of aliphatic carboxylic acids is 1. The van der Waals surface area contributed by atoms with Crippen molar-refractivity contribution < 1.29 is 32.7 Å². The number of non-ortho nitro benzene ring substituents is 1. The summed E-state index contributed by atoms with van der Waals surface area (Å²) >= 11 is 0. The van der Waals surface area contributed by atoms with Crippen molar-refractivity contribution in [3.8, 4) is 5.75 Å². The maximum Gasteiger partial charge on any atom is 0.442 e. The maximum absolute atomic E-state index is 12.9. The van der Waals surface area contributed by atoms with Crippen molar-refractivity contribution in [3.05, 3.63) is 33.9 Å². The molecule has 0 saturated heterocycles. The summed E-state index contributed by atoms with van der Waals surface area (Å²) in [6.45, 7) is -0.853. The fourth-order valence-electron chi connectivity index (χ4n) is 1.56. The molecule has 112 valence electrons. The van der Waals surface area contributed by atoms with Gasteiger partial charge in [-0.2, -0.15) is 13.2 Å². The first-order valence-electron chi connectivity index (χ1n) is 5.31. The summed E-state index contributed by atoms with van der Waals surface area (Å²) in [6.07, 6.45) is -4.85. The van der Waals surface area contributed by atoms with E-state index in [1.807, 2.05) is 0 Å². The Balaban J connectivity index is 2.42. The highest BCUT2D eigenvalue weighted by molar-refractivity contribution is 5.68. The number of nitro groups is 1. The molecule has 2 rings (SSSR count). The third-order valence-electron chi connectivity index (χ3n) is 2.56. The van der Waals surface area contributed by atoms with E-state index in [4.69, 9.17) is 5.11 Å². The number of benzene rings is 1. The second-order valence-electron chi connectivity index (χ2n) is 4.03. The molecule has 0 atom stereocenters. The number of carboxylic acids is 1. The number of ether oxygens (including phenoxy) is 1. The summed E-state index contributed by atoms with van der Waals surface area (Å²) in [4.78, 5) is 20.2.